The van der Waals surface area contributed by atoms with Crippen LogP contribution in [-0.2, 0) is 19.9 Å². The van der Waals surface area contributed by atoms with Crippen LogP contribution in [0.25, 0.3) is 0 Å². The van der Waals surface area contributed by atoms with Gasteiger partial charge < -0.3 is 14.4 Å². The number of para-hydroxylation sites is 1. The molecule has 0 spiro atoms. The SMILES string of the molecule is COc1ccccc1C(=O)OCC(=O)N(C)C1(c2ccccc2Cl)CCCCC1=O. The number of methoxy groups -OCH3 is 1. The van der Waals surface area contributed by atoms with Crippen molar-refractivity contribution in [3.8, 4) is 5.75 Å². The van der Waals surface area contributed by atoms with Crippen LogP contribution in [0, 0.1) is 0 Å². The zero-order valence-electron chi connectivity index (χ0n) is 17.0. The van der Waals surface area contributed by atoms with E-state index in [9.17, 15) is 14.4 Å². The standard InChI is InChI=1S/C23H24ClNO5/c1-25(21(27)15-30-22(28)16-9-3-6-12-19(16)29-2)23(14-8-7-13-20(23)26)17-10-4-5-11-18(17)24/h3-6,9-12H,7-8,13-15H2,1-2H3. The Kier molecular flexibility index (Phi) is 6.77. The molecule has 0 aromatic heterocycles. The molecule has 1 aliphatic carbocycles. The third kappa shape index (κ3) is 4.05. The van der Waals surface area contributed by atoms with Crippen LogP contribution in [0.4, 0.5) is 0 Å². The Morgan fingerprint density at radius 2 is 1.80 bits per heavy atom. The minimum absolute atomic E-state index is 0.0613. The van der Waals surface area contributed by atoms with E-state index in [0.29, 0.717) is 29.2 Å². The van der Waals surface area contributed by atoms with Crippen LogP contribution < -0.4 is 4.74 Å². The van der Waals surface area contributed by atoms with Gasteiger partial charge in [-0.2, -0.15) is 0 Å². The van der Waals surface area contributed by atoms with E-state index >= 15 is 0 Å². The number of nitrogens with zero attached hydrogens (tertiary/aromatic N) is 1. The van der Waals surface area contributed by atoms with Gasteiger partial charge >= 0.3 is 5.97 Å². The molecule has 1 unspecified atom stereocenters. The normalized spacial score (nSPS) is 18.6. The molecule has 1 amide bonds. The predicted molar refractivity (Wildman–Crippen MR) is 113 cm³/mol. The van der Waals surface area contributed by atoms with Gasteiger partial charge in [-0.05, 0) is 37.5 Å². The maximum atomic E-state index is 13.1. The lowest BCUT2D eigenvalue weighted by Gasteiger charge is -2.43. The average molecular weight is 430 g/mol. The largest absolute Gasteiger partial charge is 0.496 e. The second kappa shape index (κ2) is 9.30. The molecule has 6 nitrogen and oxygen atoms in total. The van der Waals surface area contributed by atoms with Crippen LogP contribution in [0.15, 0.2) is 48.5 Å². The highest BCUT2D eigenvalue weighted by atomic mass is 35.5. The molecule has 1 saturated carbocycles. The Balaban J connectivity index is 1.82. The number of carbonyl (C=O) groups excluding carboxylic acids is 3. The van der Waals surface area contributed by atoms with Crippen molar-refractivity contribution in [1.29, 1.82) is 0 Å². The van der Waals surface area contributed by atoms with Crippen molar-refractivity contribution in [2.75, 3.05) is 20.8 Å². The summed E-state index contributed by atoms with van der Waals surface area (Å²) in [6.07, 6.45) is 2.40. The highest BCUT2D eigenvalue weighted by molar-refractivity contribution is 6.31. The lowest BCUT2D eigenvalue weighted by Crippen LogP contribution is -2.55. The fourth-order valence-corrected chi connectivity index (χ4v) is 4.25. The van der Waals surface area contributed by atoms with Crippen LogP contribution in [0.2, 0.25) is 5.02 Å². The number of likely N-dealkylation sites (N-methyl/N-ethyl adjacent to an activating group) is 1. The number of benzene rings is 2. The van der Waals surface area contributed by atoms with Crippen molar-refractivity contribution in [3.63, 3.8) is 0 Å². The first-order valence-electron chi connectivity index (χ1n) is 9.77. The number of hydrogen-bond donors (Lipinski definition) is 0. The maximum Gasteiger partial charge on any atom is 0.342 e. The summed E-state index contributed by atoms with van der Waals surface area (Å²) in [5.74, 6) is -0.851. The number of hydrogen-bond acceptors (Lipinski definition) is 5. The Morgan fingerprint density at radius 1 is 1.10 bits per heavy atom. The fourth-order valence-electron chi connectivity index (χ4n) is 3.96. The number of esters is 1. The molecule has 1 atom stereocenters. The molecule has 0 saturated heterocycles. The summed E-state index contributed by atoms with van der Waals surface area (Å²) in [4.78, 5) is 39.9. The number of rotatable bonds is 6. The third-order valence-electron chi connectivity index (χ3n) is 5.57. The van der Waals surface area contributed by atoms with Gasteiger partial charge in [0, 0.05) is 24.1 Å². The Bertz CT molecular complexity index is 960. The lowest BCUT2D eigenvalue weighted by molar-refractivity contribution is -0.150. The number of halogens is 1. The van der Waals surface area contributed by atoms with Gasteiger partial charge in [0.25, 0.3) is 5.91 Å². The van der Waals surface area contributed by atoms with Crippen molar-refractivity contribution in [1.82, 2.24) is 4.90 Å². The van der Waals surface area contributed by atoms with Crippen LogP contribution in [0.3, 0.4) is 0 Å². The zero-order valence-corrected chi connectivity index (χ0v) is 17.8. The highest BCUT2D eigenvalue weighted by Gasteiger charge is 2.48. The molecule has 0 heterocycles. The molecule has 1 fully saturated rings. The van der Waals surface area contributed by atoms with Crippen molar-refractivity contribution in [2.24, 2.45) is 0 Å². The average Bonchev–Trinajstić information content (AvgIpc) is 2.77. The first kappa shape index (κ1) is 21.8. The molecule has 0 aliphatic heterocycles. The lowest BCUT2D eigenvalue weighted by atomic mass is 9.74. The number of Topliss-reactive ketones (excluding diaryl/α,β-unsaturated/α-hetero) is 1. The van der Waals surface area contributed by atoms with Gasteiger partial charge in [0.15, 0.2) is 12.4 Å². The van der Waals surface area contributed by atoms with Crippen molar-refractivity contribution in [3.05, 3.63) is 64.7 Å². The number of carbonyl (C=O) groups is 3. The highest BCUT2D eigenvalue weighted by Crippen LogP contribution is 2.42. The number of ketones is 1. The zero-order chi connectivity index (χ0) is 21.7. The van der Waals surface area contributed by atoms with Gasteiger partial charge in [-0.25, -0.2) is 4.79 Å². The van der Waals surface area contributed by atoms with E-state index in [-0.39, 0.29) is 11.3 Å². The molecule has 158 valence electrons. The molecule has 30 heavy (non-hydrogen) atoms. The summed E-state index contributed by atoms with van der Waals surface area (Å²) in [6.45, 7) is -0.493. The fraction of sp³-hybridized carbons (Fsp3) is 0.348. The molecule has 7 heteroatoms. The van der Waals surface area contributed by atoms with Crippen molar-refractivity contribution < 1.29 is 23.9 Å². The quantitative estimate of drug-likeness (QED) is 0.649. The molecular formula is C23H24ClNO5. The van der Waals surface area contributed by atoms with Gasteiger partial charge in [0.05, 0.1) is 7.11 Å². The molecule has 2 aromatic rings. The summed E-state index contributed by atoms with van der Waals surface area (Å²) in [5, 5.41) is 0.429. The van der Waals surface area contributed by atoms with E-state index in [1.807, 2.05) is 0 Å². The van der Waals surface area contributed by atoms with Gasteiger partial charge in [0.1, 0.15) is 16.9 Å². The molecule has 2 aromatic carbocycles. The topological polar surface area (TPSA) is 72.9 Å². The first-order valence-corrected chi connectivity index (χ1v) is 10.1. The Morgan fingerprint density at radius 3 is 2.50 bits per heavy atom. The van der Waals surface area contributed by atoms with Crippen LogP contribution in [0.1, 0.15) is 41.6 Å². The van der Waals surface area contributed by atoms with Crippen LogP contribution >= 0.6 is 11.6 Å². The van der Waals surface area contributed by atoms with E-state index in [1.54, 1.807) is 55.6 Å². The summed E-state index contributed by atoms with van der Waals surface area (Å²) in [6, 6.07) is 13.7. The summed E-state index contributed by atoms with van der Waals surface area (Å²) >= 11 is 6.41. The predicted octanol–water partition coefficient (Wildman–Crippen LogP) is 4.00. The van der Waals surface area contributed by atoms with E-state index in [1.165, 1.54) is 12.0 Å². The van der Waals surface area contributed by atoms with Gasteiger partial charge in [-0.3, -0.25) is 9.59 Å². The number of amides is 1. The van der Waals surface area contributed by atoms with Crippen LogP contribution in [-0.4, -0.2) is 43.3 Å². The van der Waals surface area contributed by atoms with Crippen molar-refractivity contribution >= 4 is 29.3 Å². The minimum Gasteiger partial charge on any atom is -0.496 e. The van der Waals surface area contributed by atoms with Gasteiger partial charge in [-0.1, -0.05) is 41.9 Å². The Labute approximate surface area is 180 Å². The van der Waals surface area contributed by atoms with Gasteiger partial charge in [0.2, 0.25) is 0 Å². The smallest absolute Gasteiger partial charge is 0.342 e. The third-order valence-corrected chi connectivity index (χ3v) is 5.90. The molecule has 1 aliphatic rings. The monoisotopic (exact) mass is 429 g/mol. The summed E-state index contributed by atoms with van der Waals surface area (Å²) < 4.78 is 10.4. The first-order chi connectivity index (χ1) is 14.4. The second-order valence-corrected chi connectivity index (χ2v) is 7.61. The molecular weight excluding hydrogens is 406 g/mol. The van der Waals surface area contributed by atoms with Crippen molar-refractivity contribution in [2.45, 2.75) is 31.2 Å². The molecule has 0 bridgehead atoms. The van der Waals surface area contributed by atoms with Crippen LogP contribution in [0.5, 0.6) is 5.75 Å². The van der Waals surface area contributed by atoms with E-state index in [0.717, 1.165) is 12.8 Å². The van der Waals surface area contributed by atoms with E-state index in [4.69, 9.17) is 21.1 Å². The molecule has 0 radical (unpaired) electrons. The molecule has 0 N–H and O–H groups in total. The summed E-state index contributed by atoms with van der Waals surface area (Å²) in [7, 11) is 3.01. The number of ether oxygens (including phenoxy) is 2. The van der Waals surface area contributed by atoms with E-state index < -0.39 is 24.0 Å². The van der Waals surface area contributed by atoms with Gasteiger partial charge in [-0.15, -0.1) is 0 Å². The Hall–Kier alpha value is -2.86. The second-order valence-electron chi connectivity index (χ2n) is 7.20. The minimum atomic E-state index is -1.16. The maximum absolute atomic E-state index is 13.1. The van der Waals surface area contributed by atoms with E-state index in [2.05, 4.69) is 0 Å². The molecule has 3 rings (SSSR count). The summed E-state index contributed by atoms with van der Waals surface area (Å²) in [5.41, 5.74) is -0.335.